The van der Waals surface area contributed by atoms with Crippen LogP contribution in [-0.2, 0) is 0 Å². The SMILES string of the molecule is C[Si](C)(c1ccccc1)C(c1ccccc1)C1COc2ccccc21. The van der Waals surface area contributed by atoms with E-state index in [2.05, 4.69) is 98.0 Å². The van der Waals surface area contributed by atoms with Crippen LogP contribution in [0.1, 0.15) is 22.6 Å². The van der Waals surface area contributed by atoms with Crippen LogP contribution in [0.4, 0.5) is 0 Å². The Balaban J connectivity index is 1.84. The fourth-order valence-corrected chi connectivity index (χ4v) is 8.04. The number of rotatable bonds is 4. The smallest absolute Gasteiger partial charge is 0.122 e. The normalized spacial score (nSPS) is 17.6. The van der Waals surface area contributed by atoms with Gasteiger partial charge in [-0.1, -0.05) is 97.1 Å². The molecule has 0 N–H and O–H groups in total. The molecule has 1 aliphatic heterocycles. The average molecular weight is 345 g/mol. The maximum absolute atomic E-state index is 6.07. The Kier molecular flexibility index (Phi) is 4.22. The van der Waals surface area contributed by atoms with Crippen molar-refractivity contribution in [2.45, 2.75) is 24.6 Å². The third kappa shape index (κ3) is 2.91. The highest BCUT2D eigenvalue weighted by molar-refractivity contribution is 6.91. The molecule has 0 saturated carbocycles. The molecule has 1 nitrogen and oxygen atoms in total. The summed E-state index contributed by atoms with van der Waals surface area (Å²) in [6.07, 6.45) is 0. The minimum Gasteiger partial charge on any atom is -0.493 e. The van der Waals surface area contributed by atoms with E-state index < -0.39 is 8.07 Å². The van der Waals surface area contributed by atoms with Gasteiger partial charge < -0.3 is 4.74 Å². The van der Waals surface area contributed by atoms with Gasteiger partial charge in [0.25, 0.3) is 0 Å². The van der Waals surface area contributed by atoms with Crippen molar-refractivity contribution >= 4 is 13.3 Å². The van der Waals surface area contributed by atoms with Crippen molar-refractivity contribution < 1.29 is 4.74 Å². The van der Waals surface area contributed by atoms with Gasteiger partial charge in [0.15, 0.2) is 0 Å². The van der Waals surface area contributed by atoms with E-state index in [0.29, 0.717) is 11.5 Å². The summed E-state index contributed by atoms with van der Waals surface area (Å²) in [6, 6.07) is 30.7. The Morgan fingerprint density at radius 3 is 2.12 bits per heavy atom. The van der Waals surface area contributed by atoms with E-state index in [1.807, 2.05) is 0 Å². The molecule has 3 aromatic carbocycles. The standard InChI is InChI=1S/C23H24OSi/c1-25(2,19-13-7-4-8-14-19)23(18-11-5-3-6-12-18)21-17-24-22-16-10-9-15-20(21)22/h3-16,21,23H,17H2,1-2H3. The largest absolute Gasteiger partial charge is 0.493 e. The summed E-state index contributed by atoms with van der Waals surface area (Å²) in [5, 5.41) is 1.51. The van der Waals surface area contributed by atoms with Crippen LogP contribution in [0, 0.1) is 0 Å². The fraction of sp³-hybridized carbons (Fsp3) is 0.217. The minimum atomic E-state index is -1.76. The van der Waals surface area contributed by atoms with E-state index in [-0.39, 0.29) is 0 Å². The van der Waals surface area contributed by atoms with Crippen molar-refractivity contribution in [2.24, 2.45) is 0 Å². The summed E-state index contributed by atoms with van der Waals surface area (Å²) in [6.45, 7) is 5.78. The molecule has 0 bridgehead atoms. The molecule has 2 heteroatoms. The van der Waals surface area contributed by atoms with Gasteiger partial charge in [-0.25, -0.2) is 0 Å². The van der Waals surface area contributed by atoms with Crippen molar-refractivity contribution in [3.05, 3.63) is 96.1 Å². The first-order valence-corrected chi connectivity index (χ1v) is 12.1. The highest BCUT2D eigenvalue weighted by Gasteiger charge is 2.43. The maximum Gasteiger partial charge on any atom is 0.122 e. The lowest BCUT2D eigenvalue weighted by Crippen LogP contribution is -2.50. The molecular formula is C23H24OSi. The molecule has 0 aromatic heterocycles. The minimum absolute atomic E-state index is 0.417. The zero-order chi connectivity index (χ0) is 17.3. The van der Waals surface area contributed by atoms with E-state index in [0.717, 1.165) is 12.4 Å². The molecule has 0 radical (unpaired) electrons. The van der Waals surface area contributed by atoms with Gasteiger partial charge in [0.1, 0.15) is 5.75 Å². The van der Waals surface area contributed by atoms with Crippen molar-refractivity contribution in [3.8, 4) is 5.75 Å². The molecule has 126 valence electrons. The molecule has 0 amide bonds. The van der Waals surface area contributed by atoms with Gasteiger partial charge >= 0.3 is 0 Å². The summed E-state index contributed by atoms with van der Waals surface area (Å²) in [4.78, 5) is 0. The van der Waals surface area contributed by atoms with Crippen molar-refractivity contribution in [1.29, 1.82) is 0 Å². The van der Waals surface area contributed by atoms with Crippen molar-refractivity contribution in [3.63, 3.8) is 0 Å². The lowest BCUT2D eigenvalue weighted by atomic mass is 9.93. The molecule has 0 saturated heterocycles. The van der Waals surface area contributed by atoms with Crippen LogP contribution in [-0.4, -0.2) is 14.7 Å². The van der Waals surface area contributed by atoms with Gasteiger partial charge in [0.05, 0.1) is 14.7 Å². The summed E-state index contributed by atoms with van der Waals surface area (Å²) < 4.78 is 6.07. The number of fused-ring (bicyclic) bond motifs is 1. The van der Waals surface area contributed by atoms with E-state index in [1.54, 1.807) is 0 Å². The zero-order valence-electron chi connectivity index (χ0n) is 14.9. The molecule has 0 fully saturated rings. The van der Waals surface area contributed by atoms with Crippen LogP contribution >= 0.6 is 0 Å². The number of para-hydroxylation sites is 1. The molecule has 2 unspecified atom stereocenters. The number of hydrogen-bond donors (Lipinski definition) is 0. The molecular weight excluding hydrogens is 320 g/mol. The Morgan fingerprint density at radius 2 is 1.40 bits per heavy atom. The molecule has 0 spiro atoms. The van der Waals surface area contributed by atoms with Gasteiger partial charge in [-0.3, -0.25) is 0 Å². The number of ether oxygens (including phenoxy) is 1. The van der Waals surface area contributed by atoms with Gasteiger partial charge in [-0.2, -0.15) is 0 Å². The van der Waals surface area contributed by atoms with Gasteiger partial charge in [-0.05, 0) is 17.2 Å². The summed E-state index contributed by atoms with van der Waals surface area (Å²) in [5.41, 5.74) is 3.29. The second kappa shape index (κ2) is 6.53. The second-order valence-electron chi connectivity index (χ2n) is 7.43. The second-order valence-corrected chi connectivity index (χ2v) is 12.1. The van der Waals surface area contributed by atoms with Crippen LogP contribution in [0.25, 0.3) is 0 Å². The maximum atomic E-state index is 6.07. The van der Waals surface area contributed by atoms with Gasteiger partial charge in [-0.15, -0.1) is 0 Å². The van der Waals surface area contributed by atoms with Gasteiger partial charge in [0, 0.05) is 11.5 Å². The molecule has 25 heavy (non-hydrogen) atoms. The van der Waals surface area contributed by atoms with Crippen LogP contribution in [0.5, 0.6) is 5.75 Å². The number of hydrogen-bond acceptors (Lipinski definition) is 1. The molecule has 4 rings (SSSR count). The van der Waals surface area contributed by atoms with E-state index in [1.165, 1.54) is 16.3 Å². The predicted molar refractivity (Wildman–Crippen MR) is 107 cm³/mol. The van der Waals surface area contributed by atoms with Crippen LogP contribution < -0.4 is 9.92 Å². The summed E-state index contributed by atoms with van der Waals surface area (Å²) in [5.74, 6) is 1.48. The first-order chi connectivity index (χ1) is 12.2. The molecule has 1 aliphatic rings. The van der Waals surface area contributed by atoms with E-state index in [4.69, 9.17) is 4.74 Å². The molecule has 2 atom stereocenters. The Morgan fingerprint density at radius 1 is 0.800 bits per heavy atom. The molecule has 3 aromatic rings. The van der Waals surface area contributed by atoms with Gasteiger partial charge in [0.2, 0.25) is 0 Å². The Hall–Kier alpha value is -2.32. The van der Waals surface area contributed by atoms with Crippen LogP contribution in [0.2, 0.25) is 13.1 Å². The summed E-state index contributed by atoms with van der Waals surface area (Å²) >= 11 is 0. The monoisotopic (exact) mass is 344 g/mol. The highest BCUT2D eigenvalue weighted by atomic mass is 28.3. The first kappa shape index (κ1) is 16.2. The molecule has 0 aliphatic carbocycles. The van der Waals surface area contributed by atoms with Crippen molar-refractivity contribution in [1.82, 2.24) is 0 Å². The predicted octanol–water partition coefficient (Wildman–Crippen LogP) is 5.10. The van der Waals surface area contributed by atoms with Crippen molar-refractivity contribution in [2.75, 3.05) is 6.61 Å². The summed E-state index contributed by atoms with van der Waals surface area (Å²) in [7, 11) is -1.76. The van der Waals surface area contributed by atoms with E-state index >= 15 is 0 Å². The van der Waals surface area contributed by atoms with Crippen LogP contribution in [0.15, 0.2) is 84.9 Å². The van der Waals surface area contributed by atoms with E-state index in [9.17, 15) is 0 Å². The Labute approximate surface area is 151 Å². The third-order valence-corrected chi connectivity index (χ3v) is 9.71. The highest BCUT2D eigenvalue weighted by Crippen LogP contribution is 2.46. The third-order valence-electron chi connectivity index (χ3n) is 5.59. The Bertz CT molecular complexity index is 842. The van der Waals surface area contributed by atoms with Crippen LogP contribution in [0.3, 0.4) is 0 Å². The first-order valence-electron chi connectivity index (χ1n) is 9.00. The lowest BCUT2D eigenvalue weighted by Gasteiger charge is -2.37. The molecule has 1 heterocycles. The fourth-order valence-electron chi connectivity index (χ4n) is 4.32. The zero-order valence-corrected chi connectivity index (χ0v) is 15.9. The topological polar surface area (TPSA) is 9.23 Å². The quantitative estimate of drug-likeness (QED) is 0.598. The average Bonchev–Trinajstić information content (AvgIpc) is 3.07. The lowest BCUT2D eigenvalue weighted by molar-refractivity contribution is 0.326. The number of benzene rings is 3.